The number of rotatable bonds is 7. The Morgan fingerprint density at radius 1 is 1.25 bits per heavy atom. The predicted molar refractivity (Wildman–Crippen MR) is 92.1 cm³/mol. The van der Waals surface area contributed by atoms with Gasteiger partial charge in [-0.15, -0.1) is 0 Å². The summed E-state index contributed by atoms with van der Waals surface area (Å²) in [5.41, 5.74) is 1.28. The number of hydrogen-bond acceptors (Lipinski definition) is 3. The molecule has 1 aliphatic heterocycles. The lowest BCUT2D eigenvalue weighted by Gasteiger charge is -2.32. The maximum Gasteiger partial charge on any atom is 0.335 e. The average molecular weight is 333 g/mol. The quantitative estimate of drug-likeness (QED) is 0.833. The van der Waals surface area contributed by atoms with Crippen LogP contribution >= 0.6 is 0 Å². The molecule has 0 bridgehead atoms. The van der Waals surface area contributed by atoms with Gasteiger partial charge in [-0.3, -0.25) is 4.79 Å². The zero-order valence-corrected chi connectivity index (χ0v) is 14.5. The van der Waals surface area contributed by atoms with Crippen LogP contribution in [0.5, 0.6) is 0 Å². The topological polar surface area (TPSA) is 66.8 Å². The molecule has 0 atom stereocenters. The second-order valence-corrected chi connectivity index (χ2v) is 6.66. The van der Waals surface area contributed by atoms with Gasteiger partial charge in [0.2, 0.25) is 5.91 Å². The van der Waals surface area contributed by atoms with E-state index in [1.54, 1.807) is 12.1 Å². The van der Waals surface area contributed by atoms with E-state index < -0.39 is 5.97 Å². The molecule has 24 heavy (non-hydrogen) atoms. The molecule has 0 unspecified atom stereocenters. The zero-order valence-electron chi connectivity index (χ0n) is 14.5. The summed E-state index contributed by atoms with van der Waals surface area (Å²) in [5, 5.41) is 9.27. The minimum Gasteiger partial charge on any atom is -0.478 e. The summed E-state index contributed by atoms with van der Waals surface area (Å²) < 4.78 is 5.44. The summed E-state index contributed by atoms with van der Waals surface area (Å²) in [4.78, 5) is 25.4. The molecule has 5 heteroatoms. The number of likely N-dealkylation sites (tertiary alicyclic amines) is 1. The van der Waals surface area contributed by atoms with Gasteiger partial charge in [0.15, 0.2) is 0 Å². The molecule has 0 aliphatic carbocycles. The maximum absolute atomic E-state index is 12.2. The summed E-state index contributed by atoms with van der Waals surface area (Å²) in [7, 11) is 0. The molecule has 1 aromatic carbocycles. The zero-order chi connectivity index (χ0) is 17.5. The largest absolute Gasteiger partial charge is 0.478 e. The van der Waals surface area contributed by atoms with Gasteiger partial charge in [0, 0.05) is 13.1 Å². The molecule has 0 radical (unpaired) electrons. The molecule has 0 aromatic heterocycles. The fourth-order valence-corrected chi connectivity index (χ4v) is 3.14. The number of carbonyl (C=O) groups is 2. The van der Waals surface area contributed by atoms with Crippen molar-refractivity contribution in [3.05, 3.63) is 35.4 Å². The molecule has 0 saturated carbocycles. The highest BCUT2D eigenvalue weighted by atomic mass is 16.5. The van der Waals surface area contributed by atoms with Crippen molar-refractivity contribution in [1.82, 2.24) is 4.90 Å². The smallest absolute Gasteiger partial charge is 0.335 e. The van der Waals surface area contributed by atoms with E-state index in [9.17, 15) is 14.7 Å². The van der Waals surface area contributed by atoms with Crippen LogP contribution in [0.4, 0.5) is 0 Å². The summed E-state index contributed by atoms with van der Waals surface area (Å²) in [5.74, 6) is -0.287. The third kappa shape index (κ3) is 5.34. The van der Waals surface area contributed by atoms with Gasteiger partial charge in [-0.25, -0.2) is 4.79 Å². The lowest BCUT2D eigenvalue weighted by Crippen LogP contribution is -2.39. The summed E-state index contributed by atoms with van der Waals surface area (Å²) >= 11 is 0. The first-order valence-electron chi connectivity index (χ1n) is 8.68. The molecule has 1 heterocycles. The number of benzene rings is 1. The first-order chi connectivity index (χ1) is 11.5. The van der Waals surface area contributed by atoms with Crippen LogP contribution in [0.3, 0.4) is 0 Å². The Balaban J connectivity index is 1.81. The van der Waals surface area contributed by atoms with Gasteiger partial charge in [0.25, 0.3) is 0 Å². The van der Waals surface area contributed by atoms with E-state index in [2.05, 4.69) is 0 Å². The fourth-order valence-electron chi connectivity index (χ4n) is 3.14. The van der Waals surface area contributed by atoms with Gasteiger partial charge in [-0.1, -0.05) is 18.2 Å². The van der Waals surface area contributed by atoms with E-state index >= 15 is 0 Å². The van der Waals surface area contributed by atoms with Crippen LogP contribution in [0.1, 0.15) is 49.0 Å². The van der Waals surface area contributed by atoms with E-state index in [-0.39, 0.29) is 12.0 Å². The molecule has 1 saturated heterocycles. The molecule has 1 N–H and O–H groups in total. The second kappa shape index (κ2) is 8.83. The van der Waals surface area contributed by atoms with Crippen molar-refractivity contribution in [3.8, 4) is 0 Å². The number of carbonyl (C=O) groups excluding carboxylic acids is 1. The number of piperidine rings is 1. The Kier molecular flexibility index (Phi) is 6.79. The molecular formula is C19H27NO4. The summed E-state index contributed by atoms with van der Waals surface area (Å²) in [6.45, 7) is 5.90. The van der Waals surface area contributed by atoms with Crippen molar-refractivity contribution < 1.29 is 19.4 Å². The van der Waals surface area contributed by atoms with Crippen molar-refractivity contribution in [1.29, 1.82) is 0 Å². The van der Waals surface area contributed by atoms with Crippen LogP contribution in [0, 0.1) is 5.92 Å². The van der Waals surface area contributed by atoms with Crippen molar-refractivity contribution in [3.63, 3.8) is 0 Å². The molecule has 1 aromatic rings. The van der Waals surface area contributed by atoms with Crippen molar-refractivity contribution in [2.24, 2.45) is 5.92 Å². The Bertz CT molecular complexity index is 562. The van der Waals surface area contributed by atoms with E-state index in [1.165, 1.54) is 0 Å². The Hall–Kier alpha value is -1.88. The van der Waals surface area contributed by atoms with Crippen LogP contribution in [0.25, 0.3) is 0 Å². The van der Waals surface area contributed by atoms with Crippen molar-refractivity contribution in [2.75, 3.05) is 19.7 Å². The van der Waals surface area contributed by atoms with Gasteiger partial charge in [0.05, 0.1) is 24.7 Å². The lowest BCUT2D eigenvalue weighted by molar-refractivity contribution is -0.134. The molecule has 2 rings (SSSR count). The molecule has 0 spiro atoms. The molecular weight excluding hydrogens is 306 g/mol. The molecule has 1 fully saturated rings. The number of hydrogen-bond donors (Lipinski definition) is 1. The Morgan fingerprint density at radius 2 is 1.92 bits per heavy atom. The lowest BCUT2D eigenvalue weighted by atomic mass is 9.88. The van der Waals surface area contributed by atoms with Gasteiger partial charge < -0.3 is 14.7 Å². The highest BCUT2D eigenvalue weighted by molar-refractivity contribution is 5.89. The van der Waals surface area contributed by atoms with E-state index in [1.807, 2.05) is 30.9 Å². The van der Waals surface area contributed by atoms with Crippen LogP contribution in [0.2, 0.25) is 0 Å². The number of nitrogens with zero attached hydrogens (tertiary/aromatic N) is 1. The standard InChI is InChI=1S/C19H27NO4/c1-14(2)24-12-9-18(21)20-10-7-15(8-11-20)13-16-5-3-4-6-17(16)19(22)23/h3-6,14-15H,7-13H2,1-2H3,(H,22,23). The summed E-state index contributed by atoms with van der Waals surface area (Å²) in [6, 6.07) is 7.19. The fraction of sp³-hybridized carbons (Fsp3) is 0.579. The number of carboxylic acid groups (broad SMARTS) is 1. The minimum atomic E-state index is -0.872. The highest BCUT2D eigenvalue weighted by Crippen LogP contribution is 2.24. The van der Waals surface area contributed by atoms with E-state index in [0.29, 0.717) is 24.5 Å². The molecule has 1 aliphatic rings. The predicted octanol–water partition coefficient (Wildman–Crippen LogP) is 2.98. The van der Waals surface area contributed by atoms with Crippen molar-refractivity contribution in [2.45, 2.75) is 45.6 Å². The van der Waals surface area contributed by atoms with Gasteiger partial charge in [-0.2, -0.15) is 0 Å². The van der Waals surface area contributed by atoms with Crippen molar-refractivity contribution >= 4 is 11.9 Å². The maximum atomic E-state index is 12.2. The number of amides is 1. The normalized spacial score (nSPS) is 15.7. The van der Waals surface area contributed by atoms with E-state index in [0.717, 1.165) is 37.9 Å². The molecule has 1 amide bonds. The SMILES string of the molecule is CC(C)OCCC(=O)N1CCC(Cc2ccccc2C(=O)O)CC1. The Morgan fingerprint density at radius 3 is 2.54 bits per heavy atom. The number of carboxylic acids is 1. The summed E-state index contributed by atoms with van der Waals surface area (Å²) in [6.07, 6.45) is 3.19. The first kappa shape index (κ1) is 18.5. The first-order valence-corrected chi connectivity index (χ1v) is 8.68. The van der Waals surface area contributed by atoms with Gasteiger partial charge in [-0.05, 0) is 50.7 Å². The van der Waals surface area contributed by atoms with Crippen LogP contribution in [-0.2, 0) is 16.0 Å². The minimum absolute atomic E-state index is 0.151. The number of aromatic carboxylic acids is 1. The van der Waals surface area contributed by atoms with E-state index in [4.69, 9.17) is 4.74 Å². The monoisotopic (exact) mass is 333 g/mol. The van der Waals surface area contributed by atoms with Crippen LogP contribution in [0.15, 0.2) is 24.3 Å². The highest BCUT2D eigenvalue weighted by Gasteiger charge is 2.24. The third-order valence-electron chi connectivity index (χ3n) is 4.49. The van der Waals surface area contributed by atoms with Gasteiger partial charge >= 0.3 is 5.97 Å². The third-order valence-corrected chi connectivity index (χ3v) is 4.49. The average Bonchev–Trinajstić information content (AvgIpc) is 2.55. The second-order valence-electron chi connectivity index (χ2n) is 6.66. The molecule has 5 nitrogen and oxygen atoms in total. The number of ether oxygens (including phenoxy) is 1. The van der Waals surface area contributed by atoms with Crippen LogP contribution < -0.4 is 0 Å². The molecule has 132 valence electrons. The Labute approximate surface area is 143 Å². The van der Waals surface area contributed by atoms with Crippen LogP contribution in [-0.4, -0.2) is 47.7 Å². The van der Waals surface area contributed by atoms with Gasteiger partial charge in [0.1, 0.15) is 0 Å².